The van der Waals surface area contributed by atoms with Gasteiger partial charge in [0.05, 0.1) is 6.10 Å². The molecule has 0 saturated carbocycles. The van der Waals surface area contributed by atoms with E-state index < -0.39 is 0 Å². The Labute approximate surface area is 81.4 Å². The molecule has 1 aliphatic rings. The molecule has 0 spiro atoms. The summed E-state index contributed by atoms with van der Waals surface area (Å²) in [5, 5.41) is 3.48. The van der Waals surface area contributed by atoms with E-state index >= 15 is 0 Å². The zero-order valence-electron chi connectivity index (χ0n) is 9.05. The number of ether oxygens (including phenoxy) is 1. The molecule has 2 atom stereocenters. The molecule has 0 unspecified atom stereocenters. The molecule has 3 heteroatoms. The summed E-state index contributed by atoms with van der Waals surface area (Å²) in [6.07, 6.45) is 2.82. The fraction of sp³-hybridized carbons (Fsp3) is 1.00. The first kappa shape index (κ1) is 11.0. The van der Waals surface area contributed by atoms with Crippen LogP contribution in [-0.2, 0) is 4.74 Å². The Balaban J connectivity index is 2.16. The molecule has 0 aromatic carbocycles. The van der Waals surface area contributed by atoms with E-state index in [1.165, 1.54) is 13.0 Å². The number of rotatable bonds is 5. The van der Waals surface area contributed by atoms with Crippen LogP contribution in [0.2, 0.25) is 0 Å². The van der Waals surface area contributed by atoms with Crippen molar-refractivity contribution in [3.05, 3.63) is 0 Å². The highest BCUT2D eigenvalue weighted by Gasteiger charge is 2.24. The van der Waals surface area contributed by atoms with Crippen molar-refractivity contribution in [3.8, 4) is 0 Å². The zero-order valence-corrected chi connectivity index (χ0v) is 9.05. The maximum Gasteiger partial charge on any atom is 0.0711 e. The van der Waals surface area contributed by atoms with E-state index in [0.717, 1.165) is 19.5 Å². The molecule has 78 valence electrons. The van der Waals surface area contributed by atoms with Crippen molar-refractivity contribution < 1.29 is 4.74 Å². The first-order chi connectivity index (χ1) is 6.26. The molecule has 3 nitrogen and oxygen atoms in total. The molecule has 13 heavy (non-hydrogen) atoms. The van der Waals surface area contributed by atoms with E-state index in [-0.39, 0.29) is 0 Å². The van der Waals surface area contributed by atoms with E-state index in [9.17, 15) is 0 Å². The molecule has 1 fully saturated rings. The lowest BCUT2D eigenvalue weighted by molar-refractivity contribution is 0.116. The Hall–Kier alpha value is -0.120. The summed E-state index contributed by atoms with van der Waals surface area (Å²) < 4.78 is 5.30. The van der Waals surface area contributed by atoms with Crippen molar-refractivity contribution in [1.82, 2.24) is 10.2 Å². The standard InChI is InChI=1S/C10H22N2O/c1-4-5-12(2)8-9-6-10(13-3)7-11-9/h9-11H,4-8H2,1-3H3/t9-,10-/m0/s1. The Kier molecular flexibility index (Phi) is 4.70. The first-order valence-electron chi connectivity index (χ1n) is 5.21. The molecule has 1 N–H and O–H groups in total. The minimum absolute atomic E-state index is 0.431. The first-order valence-corrected chi connectivity index (χ1v) is 5.21. The quantitative estimate of drug-likeness (QED) is 0.684. The Bertz CT molecular complexity index is 141. The van der Waals surface area contributed by atoms with Crippen LogP contribution in [0.3, 0.4) is 0 Å². The highest BCUT2D eigenvalue weighted by Crippen LogP contribution is 2.10. The van der Waals surface area contributed by atoms with Gasteiger partial charge in [-0.15, -0.1) is 0 Å². The van der Waals surface area contributed by atoms with Gasteiger partial charge in [0.25, 0.3) is 0 Å². The van der Waals surface area contributed by atoms with Crippen LogP contribution in [-0.4, -0.2) is 50.8 Å². The maximum atomic E-state index is 5.30. The van der Waals surface area contributed by atoms with E-state index in [0.29, 0.717) is 12.1 Å². The van der Waals surface area contributed by atoms with Crippen LogP contribution >= 0.6 is 0 Å². The highest BCUT2D eigenvalue weighted by molar-refractivity contribution is 4.83. The van der Waals surface area contributed by atoms with Crippen molar-refractivity contribution in [2.75, 3.05) is 33.8 Å². The average molecular weight is 186 g/mol. The third kappa shape index (κ3) is 3.63. The summed E-state index contributed by atoms with van der Waals surface area (Å²) in [6.45, 7) is 5.57. The van der Waals surface area contributed by atoms with Gasteiger partial charge in [0, 0.05) is 26.2 Å². The minimum atomic E-state index is 0.431. The maximum absolute atomic E-state index is 5.30. The van der Waals surface area contributed by atoms with Crippen LogP contribution in [0.4, 0.5) is 0 Å². The van der Waals surface area contributed by atoms with Crippen molar-refractivity contribution in [2.45, 2.75) is 31.9 Å². The van der Waals surface area contributed by atoms with E-state index in [1.807, 2.05) is 0 Å². The van der Waals surface area contributed by atoms with Gasteiger partial charge >= 0.3 is 0 Å². The SMILES string of the molecule is CCCN(C)C[C@@H]1C[C@H](OC)CN1. The van der Waals surface area contributed by atoms with Crippen molar-refractivity contribution in [3.63, 3.8) is 0 Å². The molecule has 1 heterocycles. The van der Waals surface area contributed by atoms with Gasteiger partial charge < -0.3 is 15.0 Å². The number of nitrogens with zero attached hydrogens (tertiary/aromatic N) is 1. The lowest BCUT2D eigenvalue weighted by atomic mass is 10.2. The molecule has 1 saturated heterocycles. The second kappa shape index (κ2) is 5.58. The van der Waals surface area contributed by atoms with Gasteiger partial charge in [-0.05, 0) is 26.4 Å². The monoisotopic (exact) mass is 186 g/mol. The molecule has 0 aliphatic carbocycles. The van der Waals surface area contributed by atoms with Gasteiger partial charge in [-0.25, -0.2) is 0 Å². The fourth-order valence-electron chi connectivity index (χ4n) is 1.95. The second-order valence-corrected chi connectivity index (χ2v) is 3.96. The molecular weight excluding hydrogens is 164 g/mol. The highest BCUT2D eigenvalue weighted by atomic mass is 16.5. The zero-order chi connectivity index (χ0) is 9.68. The summed E-state index contributed by atoms with van der Waals surface area (Å²) in [7, 11) is 3.98. The van der Waals surface area contributed by atoms with Gasteiger partial charge in [0.1, 0.15) is 0 Å². The van der Waals surface area contributed by atoms with Crippen LogP contribution in [0.1, 0.15) is 19.8 Å². The smallest absolute Gasteiger partial charge is 0.0711 e. The average Bonchev–Trinajstić information content (AvgIpc) is 2.52. The topological polar surface area (TPSA) is 24.5 Å². The Morgan fingerprint density at radius 2 is 2.31 bits per heavy atom. The molecule has 0 amide bonds. The fourth-order valence-corrected chi connectivity index (χ4v) is 1.95. The summed E-state index contributed by atoms with van der Waals surface area (Å²) in [6, 6.07) is 0.626. The van der Waals surface area contributed by atoms with Gasteiger partial charge in [-0.1, -0.05) is 6.92 Å². The van der Waals surface area contributed by atoms with Crippen LogP contribution in [0.15, 0.2) is 0 Å². The third-order valence-corrected chi connectivity index (χ3v) is 2.65. The number of methoxy groups -OCH3 is 1. The molecular formula is C10H22N2O. The predicted octanol–water partition coefficient (Wildman–Crippen LogP) is 0.705. The van der Waals surface area contributed by atoms with Gasteiger partial charge in [-0.2, -0.15) is 0 Å². The van der Waals surface area contributed by atoms with Crippen LogP contribution in [0.25, 0.3) is 0 Å². The van der Waals surface area contributed by atoms with Crippen molar-refractivity contribution in [2.24, 2.45) is 0 Å². The molecule has 0 radical (unpaired) electrons. The van der Waals surface area contributed by atoms with Gasteiger partial charge in [0.15, 0.2) is 0 Å². The molecule has 0 bridgehead atoms. The van der Waals surface area contributed by atoms with Gasteiger partial charge in [0.2, 0.25) is 0 Å². The number of hydrogen-bond acceptors (Lipinski definition) is 3. The van der Waals surface area contributed by atoms with Crippen LogP contribution in [0.5, 0.6) is 0 Å². The van der Waals surface area contributed by atoms with E-state index in [2.05, 4.69) is 24.2 Å². The number of hydrogen-bond donors (Lipinski definition) is 1. The Morgan fingerprint density at radius 1 is 1.54 bits per heavy atom. The van der Waals surface area contributed by atoms with Crippen molar-refractivity contribution in [1.29, 1.82) is 0 Å². The lowest BCUT2D eigenvalue weighted by Gasteiger charge is -2.20. The minimum Gasteiger partial charge on any atom is -0.380 e. The van der Waals surface area contributed by atoms with Gasteiger partial charge in [-0.3, -0.25) is 0 Å². The third-order valence-electron chi connectivity index (χ3n) is 2.65. The van der Waals surface area contributed by atoms with E-state index in [1.54, 1.807) is 7.11 Å². The molecule has 0 aromatic heterocycles. The van der Waals surface area contributed by atoms with Crippen molar-refractivity contribution >= 4 is 0 Å². The summed E-state index contributed by atoms with van der Waals surface area (Å²) in [5.41, 5.74) is 0. The molecule has 1 aliphatic heterocycles. The molecule has 0 aromatic rings. The predicted molar refractivity (Wildman–Crippen MR) is 55.0 cm³/mol. The van der Waals surface area contributed by atoms with Crippen LogP contribution < -0.4 is 5.32 Å². The number of likely N-dealkylation sites (N-methyl/N-ethyl adjacent to an activating group) is 1. The summed E-state index contributed by atoms with van der Waals surface area (Å²) >= 11 is 0. The lowest BCUT2D eigenvalue weighted by Crippen LogP contribution is -2.35. The van der Waals surface area contributed by atoms with Crippen LogP contribution in [0, 0.1) is 0 Å². The normalized spacial score (nSPS) is 28.6. The molecule has 1 rings (SSSR count). The summed E-state index contributed by atoms with van der Waals surface area (Å²) in [4.78, 5) is 2.38. The van der Waals surface area contributed by atoms with E-state index in [4.69, 9.17) is 4.74 Å². The largest absolute Gasteiger partial charge is 0.380 e. The Morgan fingerprint density at radius 3 is 2.85 bits per heavy atom. The second-order valence-electron chi connectivity index (χ2n) is 3.96. The summed E-state index contributed by atoms with van der Waals surface area (Å²) in [5.74, 6) is 0. The number of nitrogens with one attached hydrogen (secondary N) is 1.